The number of hydrogen-bond donors (Lipinski definition) is 2. The van der Waals surface area contributed by atoms with Crippen molar-refractivity contribution in [2.75, 3.05) is 0 Å². The van der Waals surface area contributed by atoms with Crippen LogP contribution >= 0.6 is 11.6 Å². The van der Waals surface area contributed by atoms with E-state index in [9.17, 15) is 9.90 Å². The van der Waals surface area contributed by atoms with Gasteiger partial charge >= 0.3 is 0 Å². The number of aromatic hydroxyl groups is 1. The quantitative estimate of drug-likeness (QED) is 0.697. The Morgan fingerprint density at radius 2 is 1.96 bits per heavy atom. The summed E-state index contributed by atoms with van der Waals surface area (Å²) in [5.74, 6) is 0.654. The number of aromatic nitrogens is 2. The minimum Gasteiger partial charge on any atom is -0.508 e. The third kappa shape index (κ3) is 4.43. The van der Waals surface area contributed by atoms with Gasteiger partial charge in [-0.15, -0.1) is 0 Å². The summed E-state index contributed by atoms with van der Waals surface area (Å²) in [5, 5.41) is 13.3. The lowest BCUT2D eigenvalue weighted by Gasteiger charge is -2.18. The third-order valence-corrected chi connectivity index (χ3v) is 4.51. The maximum Gasteiger partial charge on any atom is 0.221 e. The zero-order valence-electron chi connectivity index (χ0n) is 14.4. The van der Waals surface area contributed by atoms with E-state index in [2.05, 4.69) is 10.3 Å². The van der Waals surface area contributed by atoms with Gasteiger partial charge in [-0.3, -0.25) is 4.79 Å². The fourth-order valence-corrected chi connectivity index (χ4v) is 3.09. The van der Waals surface area contributed by atoms with Crippen LogP contribution in [0.15, 0.2) is 60.9 Å². The Kier molecular flexibility index (Phi) is 5.58. The van der Waals surface area contributed by atoms with E-state index in [0.717, 1.165) is 17.0 Å². The van der Waals surface area contributed by atoms with Crippen molar-refractivity contribution in [3.05, 3.63) is 82.9 Å². The molecular formula is C20H20ClN3O2. The van der Waals surface area contributed by atoms with Gasteiger partial charge in [-0.2, -0.15) is 0 Å². The summed E-state index contributed by atoms with van der Waals surface area (Å²) in [7, 11) is 1.88. The minimum absolute atomic E-state index is 0.0960. The number of nitrogens with zero attached hydrogens (tertiary/aromatic N) is 2. The average molecular weight is 370 g/mol. The Morgan fingerprint density at radius 1 is 1.23 bits per heavy atom. The molecule has 0 aliphatic rings. The van der Waals surface area contributed by atoms with E-state index in [0.29, 0.717) is 11.6 Å². The number of benzene rings is 2. The van der Waals surface area contributed by atoms with Crippen LogP contribution in [0, 0.1) is 0 Å². The van der Waals surface area contributed by atoms with Gasteiger partial charge in [-0.25, -0.2) is 4.98 Å². The van der Waals surface area contributed by atoms with E-state index in [1.807, 2.05) is 42.1 Å². The lowest BCUT2D eigenvalue weighted by molar-refractivity contribution is -0.121. The standard InChI is InChI=1S/C20H20ClN3O2/c1-24-9-8-22-19(24)13-23-20(26)12-18(14-4-2-6-16(21)10-14)15-5-3-7-17(25)11-15/h2-11,18,25H,12-13H2,1H3,(H,23,26)/t18-/m0/s1. The molecule has 1 atom stereocenters. The Bertz CT molecular complexity index is 862. The van der Waals surface area contributed by atoms with E-state index in [-0.39, 0.29) is 24.0 Å². The zero-order chi connectivity index (χ0) is 18.5. The van der Waals surface area contributed by atoms with Crippen molar-refractivity contribution in [3.63, 3.8) is 0 Å². The minimum atomic E-state index is -0.206. The number of phenols is 1. The number of halogens is 1. The van der Waals surface area contributed by atoms with Crippen molar-refractivity contribution in [2.24, 2.45) is 7.05 Å². The molecule has 0 aliphatic carbocycles. The summed E-state index contributed by atoms with van der Waals surface area (Å²) >= 11 is 6.13. The number of phenolic OH excluding ortho intramolecular Hbond substituents is 1. The molecule has 0 radical (unpaired) electrons. The molecule has 0 unspecified atom stereocenters. The molecule has 0 fully saturated rings. The van der Waals surface area contributed by atoms with E-state index in [4.69, 9.17) is 11.6 Å². The average Bonchev–Trinajstić information content (AvgIpc) is 3.03. The van der Waals surface area contributed by atoms with Crippen molar-refractivity contribution in [1.82, 2.24) is 14.9 Å². The second-order valence-electron chi connectivity index (χ2n) is 6.14. The van der Waals surface area contributed by atoms with Gasteiger partial charge in [-0.1, -0.05) is 35.9 Å². The molecule has 26 heavy (non-hydrogen) atoms. The topological polar surface area (TPSA) is 67.2 Å². The largest absolute Gasteiger partial charge is 0.508 e. The van der Waals surface area contributed by atoms with Crippen LogP contribution in [0.2, 0.25) is 5.02 Å². The molecule has 6 heteroatoms. The Balaban J connectivity index is 1.79. The Labute approximate surface area is 157 Å². The van der Waals surface area contributed by atoms with Crippen LogP contribution in [0.1, 0.15) is 29.3 Å². The van der Waals surface area contributed by atoms with Crippen LogP contribution in [0.3, 0.4) is 0 Å². The molecule has 0 bridgehead atoms. The van der Waals surface area contributed by atoms with E-state index < -0.39 is 0 Å². The highest BCUT2D eigenvalue weighted by atomic mass is 35.5. The highest BCUT2D eigenvalue weighted by molar-refractivity contribution is 6.30. The first-order valence-corrected chi connectivity index (χ1v) is 8.68. The molecule has 0 spiro atoms. The summed E-state index contributed by atoms with van der Waals surface area (Å²) in [6.07, 6.45) is 3.78. The molecule has 0 saturated heterocycles. The Morgan fingerprint density at radius 3 is 2.62 bits per heavy atom. The number of rotatable bonds is 6. The molecule has 1 aromatic heterocycles. The van der Waals surface area contributed by atoms with Gasteiger partial charge in [0, 0.05) is 36.8 Å². The van der Waals surface area contributed by atoms with E-state index in [1.165, 1.54) is 0 Å². The fourth-order valence-electron chi connectivity index (χ4n) is 2.90. The molecule has 3 aromatic rings. The molecule has 2 N–H and O–H groups in total. The summed E-state index contributed by atoms with van der Waals surface area (Å²) in [5.41, 5.74) is 1.79. The number of carbonyl (C=O) groups is 1. The number of nitrogens with one attached hydrogen (secondary N) is 1. The number of carbonyl (C=O) groups excluding carboxylic acids is 1. The monoisotopic (exact) mass is 369 g/mol. The first kappa shape index (κ1) is 18.0. The van der Waals surface area contributed by atoms with E-state index >= 15 is 0 Å². The highest BCUT2D eigenvalue weighted by Gasteiger charge is 2.19. The molecule has 5 nitrogen and oxygen atoms in total. The van der Waals surface area contributed by atoms with Gasteiger partial charge in [0.25, 0.3) is 0 Å². The van der Waals surface area contributed by atoms with Crippen molar-refractivity contribution in [2.45, 2.75) is 18.9 Å². The van der Waals surface area contributed by atoms with Crippen molar-refractivity contribution < 1.29 is 9.90 Å². The lowest BCUT2D eigenvalue weighted by atomic mass is 9.88. The van der Waals surface area contributed by atoms with Crippen LogP contribution < -0.4 is 5.32 Å². The van der Waals surface area contributed by atoms with Crippen molar-refractivity contribution in [3.8, 4) is 5.75 Å². The summed E-state index contributed by atoms with van der Waals surface area (Å²) in [4.78, 5) is 16.7. The van der Waals surface area contributed by atoms with Crippen LogP contribution in [0.4, 0.5) is 0 Å². The van der Waals surface area contributed by atoms with Crippen LogP contribution in [-0.4, -0.2) is 20.6 Å². The van der Waals surface area contributed by atoms with Crippen molar-refractivity contribution in [1.29, 1.82) is 0 Å². The molecule has 134 valence electrons. The second-order valence-corrected chi connectivity index (χ2v) is 6.57. The summed E-state index contributed by atoms with van der Waals surface area (Å²) in [6, 6.07) is 14.4. The summed E-state index contributed by atoms with van der Waals surface area (Å²) < 4.78 is 1.87. The zero-order valence-corrected chi connectivity index (χ0v) is 15.1. The maximum atomic E-state index is 12.5. The first-order chi connectivity index (χ1) is 12.5. The van der Waals surface area contributed by atoms with Crippen LogP contribution in [0.5, 0.6) is 5.75 Å². The van der Waals surface area contributed by atoms with Crippen LogP contribution in [0.25, 0.3) is 0 Å². The number of hydrogen-bond acceptors (Lipinski definition) is 3. The fraction of sp³-hybridized carbons (Fsp3) is 0.200. The van der Waals surface area contributed by atoms with Gasteiger partial charge in [0.1, 0.15) is 11.6 Å². The number of amides is 1. The van der Waals surface area contributed by atoms with Crippen LogP contribution in [-0.2, 0) is 18.4 Å². The molecule has 1 amide bonds. The highest BCUT2D eigenvalue weighted by Crippen LogP contribution is 2.31. The molecule has 1 heterocycles. The summed E-state index contributed by atoms with van der Waals surface area (Å²) in [6.45, 7) is 0.366. The van der Waals surface area contributed by atoms with E-state index in [1.54, 1.807) is 30.5 Å². The van der Waals surface area contributed by atoms with Crippen molar-refractivity contribution >= 4 is 17.5 Å². The number of aryl methyl sites for hydroxylation is 1. The predicted octanol–water partition coefficient (Wildman–Crippen LogP) is 3.62. The first-order valence-electron chi connectivity index (χ1n) is 8.30. The molecule has 0 aliphatic heterocycles. The second kappa shape index (κ2) is 8.06. The molecule has 3 rings (SSSR count). The van der Waals surface area contributed by atoms with Gasteiger partial charge in [0.05, 0.1) is 6.54 Å². The SMILES string of the molecule is Cn1ccnc1CNC(=O)C[C@H](c1cccc(O)c1)c1cccc(Cl)c1. The normalized spacial score (nSPS) is 11.9. The maximum absolute atomic E-state index is 12.5. The molecule has 0 saturated carbocycles. The van der Waals surface area contributed by atoms with Gasteiger partial charge in [0.15, 0.2) is 0 Å². The van der Waals surface area contributed by atoms with Gasteiger partial charge in [0.2, 0.25) is 5.91 Å². The Hall–Kier alpha value is -2.79. The van der Waals surface area contributed by atoms with Gasteiger partial charge < -0.3 is 15.0 Å². The van der Waals surface area contributed by atoms with Gasteiger partial charge in [-0.05, 0) is 35.4 Å². The smallest absolute Gasteiger partial charge is 0.221 e. The third-order valence-electron chi connectivity index (χ3n) is 4.28. The number of imidazole rings is 1. The molecule has 2 aromatic carbocycles. The molecular weight excluding hydrogens is 350 g/mol. The predicted molar refractivity (Wildman–Crippen MR) is 101 cm³/mol. The lowest BCUT2D eigenvalue weighted by Crippen LogP contribution is -2.26.